The van der Waals surface area contributed by atoms with E-state index in [0.717, 1.165) is 5.56 Å². The lowest BCUT2D eigenvalue weighted by Crippen LogP contribution is -2.54. The molecule has 0 amide bonds. The van der Waals surface area contributed by atoms with Gasteiger partial charge in [-0.05, 0) is 26.3 Å². The van der Waals surface area contributed by atoms with E-state index in [-0.39, 0.29) is 23.4 Å². The molecule has 9 heteroatoms. The molecule has 3 atom stereocenters. The molecule has 1 aromatic carbocycles. The van der Waals surface area contributed by atoms with E-state index in [1.807, 2.05) is 55.7 Å². The van der Waals surface area contributed by atoms with E-state index in [2.05, 4.69) is 28.0 Å². The molecule has 3 aromatic rings. The van der Waals surface area contributed by atoms with Gasteiger partial charge in [-0.2, -0.15) is 0 Å². The first-order valence-electron chi connectivity index (χ1n) is 10.9. The molecule has 4 rings (SSSR count). The van der Waals surface area contributed by atoms with E-state index in [9.17, 15) is 4.79 Å². The molecule has 0 aliphatic carbocycles. The minimum atomic E-state index is -1.16. The Bertz CT molecular complexity index is 1110. The van der Waals surface area contributed by atoms with Crippen LogP contribution in [0.25, 0.3) is 11.2 Å². The average Bonchev–Trinajstić information content (AvgIpc) is 3.31. The zero-order valence-electron chi connectivity index (χ0n) is 19.3. The Labute approximate surface area is 189 Å². The lowest BCUT2D eigenvalue weighted by atomic mass is 10.1. The van der Waals surface area contributed by atoms with Crippen LogP contribution in [0.1, 0.15) is 32.8 Å². The second kappa shape index (κ2) is 8.90. The number of imidazole rings is 1. The summed E-state index contributed by atoms with van der Waals surface area (Å²) in [6, 6.07) is 10.1. The maximum absolute atomic E-state index is 12.3. The van der Waals surface area contributed by atoms with Crippen molar-refractivity contribution in [3.8, 4) is 0 Å². The fourth-order valence-electron chi connectivity index (χ4n) is 4.30. The molecule has 32 heavy (non-hydrogen) atoms. The molecule has 1 radical (unpaired) electrons. The van der Waals surface area contributed by atoms with Crippen LogP contribution in [0.5, 0.6) is 0 Å². The summed E-state index contributed by atoms with van der Waals surface area (Å²) < 4.78 is 21.3. The smallest absolute Gasteiger partial charge is 0.278 e. The highest BCUT2D eigenvalue weighted by Gasteiger charge is 2.55. The number of hydrogen-bond donors (Lipinski definition) is 1. The molecular formula is C23H31N4O4Si. The maximum Gasteiger partial charge on any atom is 0.278 e. The average molecular weight is 456 g/mol. The van der Waals surface area contributed by atoms with Crippen LogP contribution in [0.4, 0.5) is 0 Å². The number of fused-ring (bicyclic) bond motifs is 1. The van der Waals surface area contributed by atoms with Gasteiger partial charge in [-0.1, -0.05) is 43.4 Å². The van der Waals surface area contributed by atoms with Gasteiger partial charge in [-0.3, -0.25) is 9.36 Å². The number of benzene rings is 1. The minimum Gasteiger partial charge on any atom is -0.374 e. The van der Waals surface area contributed by atoms with E-state index in [0.29, 0.717) is 30.8 Å². The molecule has 0 saturated carbocycles. The highest BCUT2D eigenvalue weighted by Crippen LogP contribution is 2.42. The van der Waals surface area contributed by atoms with Crippen LogP contribution < -0.4 is 5.56 Å². The van der Waals surface area contributed by atoms with Crippen molar-refractivity contribution in [3.05, 3.63) is 58.9 Å². The van der Waals surface area contributed by atoms with Gasteiger partial charge < -0.3 is 19.2 Å². The molecule has 1 aliphatic heterocycles. The molecule has 1 aliphatic rings. The van der Waals surface area contributed by atoms with Crippen molar-refractivity contribution in [2.24, 2.45) is 0 Å². The second-order valence-electron chi connectivity index (χ2n) is 9.41. The molecule has 1 fully saturated rings. The van der Waals surface area contributed by atoms with Gasteiger partial charge in [0.2, 0.25) is 0 Å². The molecule has 2 aromatic heterocycles. The van der Waals surface area contributed by atoms with Gasteiger partial charge in [0.15, 0.2) is 16.5 Å². The number of rotatable bonds is 7. The number of hydrogen-bond acceptors (Lipinski definition) is 6. The number of nitrogens with zero attached hydrogens (tertiary/aromatic N) is 3. The minimum absolute atomic E-state index is 0.148. The quantitative estimate of drug-likeness (QED) is 0.550. The van der Waals surface area contributed by atoms with Crippen molar-refractivity contribution < 1.29 is 14.2 Å². The lowest BCUT2D eigenvalue weighted by Gasteiger charge is -2.41. The van der Waals surface area contributed by atoms with Crippen molar-refractivity contribution >= 4 is 20.0 Å². The summed E-state index contributed by atoms with van der Waals surface area (Å²) >= 11 is 0. The Morgan fingerprint density at radius 3 is 2.69 bits per heavy atom. The van der Waals surface area contributed by atoms with Gasteiger partial charge in [0.1, 0.15) is 14.9 Å². The van der Waals surface area contributed by atoms with Gasteiger partial charge in [-0.15, -0.1) is 0 Å². The summed E-state index contributed by atoms with van der Waals surface area (Å²) in [6.07, 6.45) is 3.38. The number of H-pyrrole nitrogens is 1. The molecule has 171 valence electrons. The third kappa shape index (κ3) is 4.43. The number of aromatic amines is 1. The Kier molecular flexibility index (Phi) is 6.35. The van der Waals surface area contributed by atoms with Crippen molar-refractivity contribution in [2.75, 3.05) is 6.61 Å². The molecule has 0 spiro atoms. The van der Waals surface area contributed by atoms with Gasteiger partial charge >= 0.3 is 0 Å². The fraction of sp³-hybridized carbons (Fsp3) is 0.522. The largest absolute Gasteiger partial charge is 0.374 e. The zero-order chi connectivity index (χ0) is 22.9. The van der Waals surface area contributed by atoms with Crippen LogP contribution in [-0.4, -0.2) is 52.7 Å². The first kappa shape index (κ1) is 22.8. The molecule has 8 nitrogen and oxygen atoms in total. The topological polar surface area (TPSA) is 91.3 Å². The van der Waals surface area contributed by atoms with E-state index < -0.39 is 14.1 Å². The monoisotopic (exact) mass is 455 g/mol. The van der Waals surface area contributed by atoms with E-state index in [4.69, 9.17) is 14.2 Å². The molecule has 0 bridgehead atoms. The van der Waals surface area contributed by atoms with Gasteiger partial charge in [0, 0.05) is 6.42 Å². The molecular weight excluding hydrogens is 424 g/mol. The number of nitrogens with one attached hydrogen (secondary N) is 1. The van der Waals surface area contributed by atoms with Crippen LogP contribution in [0, 0.1) is 0 Å². The van der Waals surface area contributed by atoms with E-state index in [1.54, 1.807) is 6.33 Å². The molecule has 0 unspecified atom stereocenters. The first-order chi connectivity index (χ1) is 15.2. The van der Waals surface area contributed by atoms with Crippen LogP contribution in [0.15, 0.2) is 47.8 Å². The van der Waals surface area contributed by atoms with E-state index in [1.165, 1.54) is 6.33 Å². The normalized spacial score (nSPS) is 23.9. The van der Waals surface area contributed by atoms with E-state index >= 15 is 0 Å². The van der Waals surface area contributed by atoms with Gasteiger partial charge in [-0.25, -0.2) is 9.97 Å². The highest BCUT2D eigenvalue weighted by atomic mass is 28.3. The summed E-state index contributed by atoms with van der Waals surface area (Å²) in [5.74, 6) is 0. The van der Waals surface area contributed by atoms with Crippen LogP contribution >= 0.6 is 0 Å². The van der Waals surface area contributed by atoms with Gasteiger partial charge in [0.05, 0.1) is 37.6 Å². The first-order valence-corrected chi connectivity index (χ1v) is 13.4. The number of ether oxygens (including phenoxy) is 3. The summed E-state index contributed by atoms with van der Waals surface area (Å²) in [4.78, 5) is 23.7. The third-order valence-corrected chi connectivity index (χ3v) is 7.70. The van der Waals surface area contributed by atoms with Crippen LogP contribution in [0.3, 0.4) is 0 Å². The molecule has 3 heterocycles. The van der Waals surface area contributed by atoms with Crippen molar-refractivity contribution in [2.45, 2.75) is 70.1 Å². The van der Waals surface area contributed by atoms with Crippen molar-refractivity contribution in [3.63, 3.8) is 0 Å². The lowest BCUT2D eigenvalue weighted by molar-refractivity contribution is -0.146. The number of aromatic nitrogens is 4. The molecule has 1 saturated heterocycles. The Balaban J connectivity index is 1.66. The summed E-state index contributed by atoms with van der Waals surface area (Å²) in [6.45, 7) is 11.5. The highest BCUT2D eigenvalue weighted by molar-refractivity contribution is 6.58. The van der Waals surface area contributed by atoms with Crippen molar-refractivity contribution in [1.29, 1.82) is 0 Å². The Hall–Kier alpha value is -2.33. The summed E-state index contributed by atoms with van der Waals surface area (Å²) in [7, 11) is -1.16. The zero-order valence-corrected chi connectivity index (χ0v) is 20.3. The molecule has 1 N–H and O–H groups in total. The van der Waals surface area contributed by atoms with Crippen LogP contribution in [-0.2, 0) is 26.2 Å². The van der Waals surface area contributed by atoms with Crippen LogP contribution in [0.2, 0.25) is 13.1 Å². The Morgan fingerprint density at radius 2 is 2.00 bits per heavy atom. The predicted molar refractivity (Wildman–Crippen MR) is 124 cm³/mol. The van der Waals surface area contributed by atoms with Gasteiger partial charge in [0.25, 0.3) is 5.56 Å². The van der Waals surface area contributed by atoms with Crippen molar-refractivity contribution in [1.82, 2.24) is 19.5 Å². The summed E-state index contributed by atoms with van der Waals surface area (Å²) in [5, 5.41) is -0.770. The summed E-state index contributed by atoms with van der Waals surface area (Å²) in [5.41, 5.74) is 1.31. The Morgan fingerprint density at radius 1 is 1.25 bits per heavy atom. The standard InChI is InChI=1S/C23H31N4O4Si/c1-22(2,3)31-18-11-17(13-29-12-16-9-7-6-8-10-16)30-23(18,32(4)5)27-15-26-19-20(27)24-14-25-21(19)28/h6-10,14-15,17-18H,11-13H2,1-5H3,(H,24,25,28)/t17-,18+,23-/m0/s1. The third-order valence-electron chi connectivity index (χ3n) is 5.58. The SMILES string of the molecule is C[Si](C)[C@@]1(n2cnc3c(=O)[nH]cnc32)O[C@H](COCc2ccccc2)C[C@H]1OC(C)(C)C. The maximum atomic E-state index is 12.3. The fourth-order valence-corrected chi connectivity index (χ4v) is 6.17. The predicted octanol–water partition coefficient (Wildman–Crippen LogP) is 3.26. The second-order valence-corrected chi connectivity index (χ2v) is 12.1.